The number of hydrogen-bond donors (Lipinski definition) is 0. The highest BCUT2D eigenvalue weighted by molar-refractivity contribution is 6.71. The minimum Gasteiger partial charge on any atom is -0.544 e. The first-order valence-corrected chi connectivity index (χ1v) is 19.2. The molecule has 5 nitrogen and oxygen atoms in total. The molecule has 0 aromatic rings. The Balaban J connectivity index is 4.09. The van der Waals surface area contributed by atoms with E-state index in [1.165, 1.54) is 0 Å². The Morgan fingerprint density at radius 2 is 1.50 bits per heavy atom. The van der Waals surface area contributed by atoms with Crippen molar-refractivity contribution in [2.75, 3.05) is 0 Å². The molecule has 0 bridgehead atoms. The maximum absolute atomic E-state index is 14.1. The van der Waals surface area contributed by atoms with E-state index in [2.05, 4.69) is 0 Å². The third kappa shape index (κ3) is 7.46. The van der Waals surface area contributed by atoms with Gasteiger partial charge in [0.15, 0.2) is 31.3 Å². The highest BCUT2D eigenvalue weighted by Gasteiger charge is 2.63. The number of carbonyl (C=O) groups is 3. The zero-order valence-electron chi connectivity index (χ0n) is 23.5. The molecule has 3 atom stereocenters. The second-order valence-electron chi connectivity index (χ2n) is 11.9. The molecular weight excluding hydrogens is 460 g/mol. The van der Waals surface area contributed by atoms with Crippen molar-refractivity contribution < 1.29 is 23.2 Å². The SMILES string of the molecule is CCC(C)C(=O)C1=C(O[Si](C)(C)C)[C@@](O[Si](C)(C)C)(C(=O)CC=C(C)C)[C@H](CC=C(C)C)C1=O. The van der Waals surface area contributed by atoms with Crippen LogP contribution in [0.15, 0.2) is 34.6 Å². The van der Waals surface area contributed by atoms with Gasteiger partial charge < -0.3 is 8.85 Å². The van der Waals surface area contributed by atoms with Gasteiger partial charge in [-0.1, -0.05) is 37.1 Å². The van der Waals surface area contributed by atoms with Crippen LogP contribution in [-0.2, 0) is 23.2 Å². The highest BCUT2D eigenvalue weighted by atomic mass is 28.4. The fraction of sp³-hybridized carbons (Fsp3) is 0.667. The predicted octanol–water partition coefficient (Wildman–Crippen LogP) is 6.78. The molecule has 1 rings (SSSR count). The molecule has 0 aromatic heterocycles. The average molecular weight is 507 g/mol. The second-order valence-corrected chi connectivity index (χ2v) is 20.7. The van der Waals surface area contributed by atoms with Crippen LogP contribution in [0, 0.1) is 11.8 Å². The van der Waals surface area contributed by atoms with Crippen molar-refractivity contribution in [2.45, 2.75) is 106 Å². The van der Waals surface area contributed by atoms with Gasteiger partial charge >= 0.3 is 0 Å². The number of Topliss-reactive ketones (excluding diaryl/α,β-unsaturated/α-hetero) is 3. The lowest BCUT2D eigenvalue weighted by Crippen LogP contribution is -2.55. The normalized spacial score (nSPS) is 21.9. The topological polar surface area (TPSA) is 69.7 Å². The Kier molecular flexibility index (Phi) is 10.2. The minimum atomic E-state index is -2.38. The molecular formula is C27H46O5Si2. The molecule has 7 heteroatoms. The van der Waals surface area contributed by atoms with Crippen LogP contribution in [0.4, 0.5) is 0 Å². The van der Waals surface area contributed by atoms with E-state index in [9.17, 15) is 14.4 Å². The fourth-order valence-electron chi connectivity index (χ4n) is 3.97. The first kappa shape index (κ1) is 30.5. The summed E-state index contributed by atoms with van der Waals surface area (Å²) in [5.74, 6) is -1.76. The molecule has 0 fully saturated rings. The lowest BCUT2D eigenvalue weighted by Gasteiger charge is -2.41. The highest BCUT2D eigenvalue weighted by Crippen LogP contribution is 2.48. The van der Waals surface area contributed by atoms with E-state index in [0.717, 1.165) is 11.1 Å². The zero-order valence-corrected chi connectivity index (χ0v) is 25.5. The first-order chi connectivity index (χ1) is 15.4. The Labute approximate surface area is 209 Å². The van der Waals surface area contributed by atoms with Crippen LogP contribution in [0.2, 0.25) is 39.3 Å². The van der Waals surface area contributed by atoms with E-state index in [1.807, 2.05) is 93.0 Å². The van der Waals surface area contributed by atoms with Gasteiger partial charge in [0.25, 0.3) is 0 Å². The molecule has 0 saturated heterocycles. The fourth-order valence-corrected chi connectivity index (χ4v) is 6.15. The quantitative estimate of drug-likeness (QED) is 0.166. The molecule has 1 aliphatic rings. The van der Waals surface area contributed by atoms with Gasteiger partial charge in [-0.25, -0.2) is 0 Å². The maximum Gasteiger partial charge on any atom is 0.241 e. The van der Waals surface area contributed by atoms with Crippen LogP contribution in [0.25, 0.3) is 0 Å². The van der Waals surface area contributed by atoms with Gasteiger partial charge in [-0.3, -0.25) is 14.4 Å². The van der Waals surface area contributed by atoms with Gasteiger partial charge in [-0.05, 0) is 79.8 Å². The van der Waals surface area contributed by atoms with E-state index in [4.69, 9.17) is 8.85 Å². The van der Waals surface area contributed by atoms with Gasteiger partial charge in [0.05, 0.1) is 5.92 Å². The molecule has 1 unspecified atom stereocenters. The van der Waals surface area contributed by atoms with E-state index in [1.54, 1.807) is 0 Å². The van der Waals surface area contributed by atoms with Crippen LogP contribution in [0.1, 0.15) is 60.8 Å². The number of carbonyl (C=O) groups excluding carboxylic acids is 3. The third-order valence-corrected chi connectivity index (χ3v) is 7.42. The molecule has 1 aliphatic carbocycles. The standard InChI is InChI=1S/C27H46O5Si2/c1-13-20(6)24(29)23-25(30)21(16-14-18(2)3)27(32-34(10,11)12,22(28)17-15-19(4)5)26(23)31-33(7,8)9/h14-15,20-21H,13,16-17H2,1-12H3/t20?,21-,27+/m1/s1. The molecule has 34 heavy (non-hydrogen) atoms. The molecule has 0 N–H and O–H groups in total. The van der Waals surface area contributed by atoms with Crippen molar-refractivity contribution in [1.82, 2.24) is 0 Å². The summed E-state index contributed by atoms with van der Waals surface area (Å²) < 4.78 is 13.3. The summed E-state index contributed by atoms with van der Waals surface area (Å²) in [5.41, 5.74) is 0.515. The molecule has 0 aliphatic heterocycles. The summed E-state index contributed by atoms with van der Waals surface area (Å²) in [4.78, 5) is 41.7. The summed E-state index contributed by atoms with van der Waals surface area (Å²) in [6.07, 6.45) is 4.86. The van der Waals surface area contributed by atoms with Crippen molar-refractivity contribution in [2.24, 2.45) is 11.8 Å². The van der Waals surface area contributed by atoms with E-state index >= 15 is 0 Å². The van der Waals surface area contributed by atoms with Crippen LogP contribution >= 0.6 is 0 Å². The van der Waals surface area contributed by atoms with E-state index in [0.29, 0.717) is 12.8 Å². The Morgan fingerprint density at radius 3 is 1.91 bits per heavy atom. The number of rotatable bonds is 12. The van der Waals surface area contributed by atoms with Gasteiger partial charge in [-0.2, -0.15) is 0 Å². The number of hydrogen-bond acceptors (Lipinski definition) is 5. The number of allylic oxidation sites excluding steroid dienone is 5. The van der Waals surface area contributed by atoms with Crippen molar-refractivity contribution in [1.29, 1.82) is 0 Å². The Bertz CT molecular complexity index is 891. The average Bonchev–Trinajstić information content (AvgIpc) is 2.88. The van der Waals surface area contributed by atoms with Crippen molar-refractivity contribution >= 4 is 34.0 Å². The summed E-state index contributed by atoms with van der Waals surface area (Å²) >= 11 is 0. The molecule has 0 spiro atoms. The zero-order chi connectivity index (χ0) is 26.6. The van der Waals surface area contributed by atoms with Crippen molar-refractivity contribution in [3.63, 3.8) is 0 Å². The molecule has 0 heterocycles. The van der Waals surface area contributed by atoms with Crippen LogP contribution < -0.4 is 0 Å². The minimum absolute atomic E-state index is 0.0488. The summed E-state index contributed by atoms with van der Waals surface area (Å²) in [6.45, 7) is 23.6. The third-order valence-electron chi connectivity index (χ3n) is 5.67. The predicted molar refractivity (Wildman–Crippen MR) is 145 cm³/mol. The molecule has 0 amide bonds. The lowest BCUT2D eigenvalue weighted by molar-refractivity contribution is -0.141. The Morgan fingerprint density at radius 1 is 0.971 bits per heavy atom. The second kappa shape index (κ2) is 11.4. The van der Waals surface area contributed by atoms with Gasteiger partial charge in [0.1, 0.15) is 11.3 Å². The monoisotopic (exact) mass is 506 g/mol. The summed E-state index contributed by atoms with van der Waals surface area (Å²) in [7, 11) is -4.71. The summed E-state index contributed by atoms with van der Waals surface area (Å²) in [6, 6.07) is 0. The first-order valence-electron chi connectivity index (χ1n) is 12.4. The molecule has 0 radical (unpaired) electrons. The van der Waals surface area contributed by atoms with Crippen LogP contribution in [-0.4, -0.2) is 39.6 Å². The molecule has 0 aromatic carbocycles. The van der Waals surface area contributed by atoms with E-state index in [-0.39, 0.29) is 41.0 Å². The largest absolute Gasteiger partial charge is 0.544 e. The van der Waals surface area contributed by atoms with Gasteiger partial charge in [0.2, 0.25) is 8.32 Å². The molecule has 0 saturated carbocycles. The molecule has 192 valence electrons. The smallest absolute Gasteiger partial charge is 0.241 e. The Hall–Kier alpha value is -1.58. The van der Waals surface area contributed by atoms with Gasteiger partial charge in [-0.15, -0.1) is 0 Å². The maximum atomic E-state index is 14.1. The van der Waals surface area contributed by atoms with Crippen molar-refractivity contribution in [3.05, 3.63) is 34.6 Å². The van der Waals surface area contributed by atoms with Gasteiger partial charge in [0, 0.05) is 12.3 Å². The lowest BCUT2D eigenvalue weighted by atomic mass is 9.81. The van der Waals surface area contributed by atoms with Crippen LogP contribution in [0.3, 0.4) is 0 Å². The van der Waals surface area contributed by atoms with Crippen LogP contribution in [0.5, 0.6) is 0 Å². The summed E-state index contributed by atoms with van der Waals surface area (Å²) in [5, 5.41) is 0. The number of ketones is 3. The van der Waals surface area contributed by atoms with E-state index < -0.39 is 28.2 Å². The van der Waals surface area contributed by atoms with Crippen molar-refractivity contribution in [3.8, 4) is 0 Å².